The van der Waals surface area contributed by atoms with Crippen molar-refractivity contribution in [1.29, 1.82) is 0 Å². The van der Waals surface area contributed by atoms with E-state index in [9.17, 15) is 13.4 Å². The molecular formula is C21H22FN3O5S. The molecule has 3 aromatic rings. The molecule has 0 radical (unpaired) electrons. The van der Waals surface area contributed by atoms with Crippen LogP contribution in [0.3, 0.4) is 0 Å². The lowest BCUT2D eigenvalue weighted by Crippen LogP contribution is -2.14. The molecule has 164 valence electrons. The van der Waals surface area contributed by atoms with Gasteiger partial charge in [-0.15, -0.1) is 0 Å². The van der Waals surface area contributed by atoms with Gasteiger partial charge in [0.15, 0.2) is 6.73 Å². The Labute approximate surface area is 180 Å². The van der Waals surface area contributed by atoms with Gasteiger partial charge in [0.2, 0.25) is 5.16 Å². The van der Waals surface area contributed by atoms with E-state index in [1.54, 1.807) is 25.3 Å². The van der Waals surface area contributed by atoms with Crippen molar-refractivity contribution in [2.75, 3.05) is 13.2 Å². The van der Waals surface area contributed by atoms with Gasteiger partial charge in [0.25, 0.3) is 0 Å². The van der Waals surface area contributed by atoms with Crippen LogP contribution < -0.4 is 4.74 Å². The average Bonchev–Trinajstić information content (AvgIpc) is 3.51. The number of carbonyl (C=O) groups is 1. The quantitative estimate of drug-likeness (QED) is 0.461. The van der Waals surface area contributed by atoms with Gasteiger partial charge in [0.05, 0.1) is 46.5 Å². The summed E-state index contributed by atoms with van der Waals surface area (Å²) in [5, 5.41) is 0.149. The molecule has 0 aliphatic heterocycles. The molecule has 0 amide bonds. The van der Waals surface area contributed by atoms with Crippen molar-refractivity contribution in [3.05, 3.63) is 48.0 Å². The zero-order valence-electron chi connectivity index (χ0n) is 17.0. The van der Waals surface area contributed by atoms with E-state index in [0.29, 0.717) is 35.0 Å². The normalized spacial score (nSPS) is 14.4. The predicted molar refractivity (Wildman–Crippen MR) is 110 cm³/mol. The molecule has 1 atom stereocenters. The Balaban J connectivity index is 1.55. The van der Waals surface area contributed by atoms with Crippen LogP contribution in [-0.2, 0) is 32.8 Å². The fraction of sp³-hybridized carbons (Fsp3) is 0.381. The van der Waals surface area contributed by atoms with Gasteiger partial charge in [0, 0.05) is 12.3 Å². The van der Waals surface area contributed by atoms with Gasteiger partial charge in [-0.05, 0) is 49.9 Å². The number of halogens is 1. The Bertz CT molecular complexity index is 1120. The summed E-state index contributed by atoms with van der Waals surface area (Å²) in [6, 6.07) is 7.52. The number of benzene rings is 1. The Hall–Kier alpha value is -3.01. The second-order valence-electron chi connectivity index (χ2n) is 7.14. The second kappa shape index (κ2) is 9.42. The predicted octanol–water partition coefficient (Wildman–Crippen LogP) is 3.80. The van der Waals surface area contributed by atoms with Crippen molar-refractivity contribution in [2.24, 2.45) is 5.92 Å². The van der Waals surface area contributed by atoms with Crippen molar-refractivity contribution >= 4 is 28.0 Å². The zero-order valence-corrected chi connectivity index (χ0v) is 17.8. The van der Waals surface area contributed by atoms with Gasteiger partial charge >= 0.3 is 6.16 Å². The molecule has 10 heteroatoms. The second-order valence-corrected chi connectivity index (χ2v) is 8.48. The maximum Gasteiger partial charge on any atom is 0.510 e. The van der Waals surface area contributed by atoms with E-state index in [2.05, 4.69) is 9.97 Å². The summed E-state index contributed by atoms with van der Waals surface area (Å²) in [4.78, 5) is 20.3. The molecule has 31 heavy (non-hydrogen) atoms. The summed E-state index contributed by atoms with van der Waals surface area (Å²) in [6.45, 7) is 2.16. The summed E-state index contributed by atoms with van der Waals surface area (Å²) in [5.41, 5.74) is 1.37. The van der Waals surface area contributed by atoms with E-state index in [4.69, 9.17) is 14.2 Å². The smallest absolute Gasteiger partial charge is 0.493 e. The van der Waals surface area contributed by atoms with Gasteiger partial charge < -0.3 is 14.2 Å². The molecule has 4 rings (SSSR count). The Morgan fingerprint density at radius 1 is 1.26 bits per heavy atom. The topological polar surface area (TPSA) is 92.5 Å². The monoisotopic (exact) mass is 447 g/mol. The van der Waals surface area contributed by atoms with Crippen LogP contribution in [0, 0.1) is 11.7 Å². The molecule has 1 aliphatic rings. The van der Waals surface area contributed by atoms with Gasteiger partial charge in [-0.1, -0.05) is 0 Å². The van der Waals surface area contributed by atoms with Crippen LogP contribution in [0.15, 0.2) is 41.7 Å². The van der Waals surface area contributed by atoms with E-state index >= 15 is 0 Å². The Kier molecular flexibility index (Phi) is 6.45. The number of aromatic nitrogens is 3. The number of fused-ring (bicyclic) bond motifs is 1. The van der Waals surface area contributed by atoms with E-state index in [1.807, 2.05) is 0 Å². The van der Waals surface area contributed by atoms with Crippen molar-refractivity contribution in [3.8, 4) is 5.75 Å². The van der Waals surface area contributed by atoms with Crippen LogP contribution >= 0.6 is 0 Å². The van der Waals surface area contributed by atoms with Crippen molar-refractivity contribution in [2.45, 2.75) is 37.4 Å². The zero-order chi connectivity index (χ0) is 21.8. The first-order valence-corrected chi connectivity index (χ1v) is 11.3. The Morgan fingerprint density at radius 3 is 2.87 bits per heavy atom. The molecule has 1 unspecified atom stereocenters. The van der Waals surface area contributed by atoms with Gasteiger partial charge in [-0.3, -0.25) is 13.8 Å². The van der Waals surface area contributed by atoms with Crippen molar-refractivity contribution in [1.82, 2.24) is 14.5 Å². The number of hydrogen-bond donors (Lipinski definition) is 0. The minimum absolute atomic E-state index is 0.0752. The van der Waals surface area contributed by atoms with Crippen LogP contribution in [0.1, 0.15) is 25.5 Å². The standard InChI is InChI=1S/C21H22FN3O5S/c1-2-28-21(26)30-13-25-19-9-15(22)5-6-18(19)24-20(25)31(27)12-16-10-17(7-8-23-16)29-11-14-3-4-14/h5-10,14H,2-4,11-13H2,1H3. The van der Waals surface area contributed by atoms with E-state index < -0.39 is 22.8 Å². The van der Waals surface area contributed by atoms with Crippen molar-refractivity contribution in [3.63, 3.8) is 0 Å². The molecule has 2 heterocycles. The molecule has 0 bridgehead atoms. The molecule has 0 saturated heterocycles. The fourth-order valence-corrected chi connectivity index (χ4v) is 4.12. The SMILES string of the molecule is CCOC(=O)OCn1c(S(=O)Cc2cc(OCC3CC3)ccn2)nc2ccc(F)cc21. The number of hydrogen-bond acceptors (Lipinski definition) is 7. The fourth-order valence-electron chi connectivity index (χ4n) is 2.97. The third-order valence-corrected chi connectivity index (χ3v) is 5.98. The highest BCUT2D eigenvalue weighted by atomic mass is 32.2. The van der Waals surface area contributed by atoms with Crippen LogP contribution in [0.2, 0.25) is 0 Å². The molecule has 1 saturated carbocycles. The van der Waals surface area contributed by atoms with Crippen LogP contribution in [0.4, 0.5) is 9.18 Å². The van der Waals surface area contributed by atoms with Gasteiger partial charge in [-0.25, -0.2) is 14.2 Å². The summed E-state index contributed by atoms with van der Waals surface area (Å²) in [6.07, 6.45) is 3.11. The molecule has 8 nitrogen and oxygen atoms in total. The lowest BCUT2D eigenvalue weighted by molar-refractivity contribution is 0.0358. The lowest BCUT2D eigenvalue weighted by Gasteiger charge is -2.10. The van der Waals surface area contributed by atoms with Crippen LogP contribution in [0.25, 0.3) is 11.0 Å². The summed E-state index contributed by atoms with van der Waals surface area (Å²) < 4.78 is 43.9. The van der Waals surface area contributed by atoms with E-state index in [0.717, 1.165) is 0 Å². The maximum atomic E-state index is 13.8. The minimum Gasteiger partial charge on any atom is -0.493 e. The molecule has 0 spiro atoms. The number of imidazole rings is 1. The third-order valence-electron chi connectivity index (χ3n) is 4.70. The van der Waals surface area contributed by atoms with Crippen molar-refractivity contribution < 1.29 is 27.6 Å². The molecule has 2 aromatic heterocycles. The number of rotatable bonds is 9. The number of pyridine rings is 1. The lowest BCUT2D eigenvalue weighted by atomic mass is 10.3. The minimum atomic E-state index is -1.63. The molecule has 1 aliphatic carbocycles. The summed E-state index contributed by atoms with van der Waals surface area (Å²) in [5.74, 6) is 0.885. The highest BCUT2D eigenvalue weighted by molar-refractivity contribution is 7.84. The van der Waals surface area contributed by atoms with Crippen LogP contribution in [-0.4, -0.2) is 38.1 Å². The molecule has 0 N–H and O–H groups in total. The average molecular weight is 447 g/mol. The maximum absolute atomic E-state index is 13.8. The Morgan fingerprint density at radius 2 is 2.10 bits per heavy atom. The van der Waals surface area contributed by atoms with Gasteiger partial charge in [-0.2, -0.15) is 0 Å². The third kappa shape index (κ3) is 5.38. The van der Waals surface area contributed by atoms with Crippen LogP contribution in [0.5, 0.6) is 5.75 Å². The largest absolute Gasteiger partial charge is 0.510 e. The van der Waals surface area contributed by atoms with E-state index in [1.165, 1.54) is 35.6 Å². The number of carbonyl (C=O) groups excluding carboxylic acids is 1. The molecule has 1 aromatic carbocycles. The molecule has 1 fully saturated rings. The first kappa shape index (κ1) is 21.2. The summed E-state index contributed by atoms with van der Waals surface area (Å²) >= 11 is 0. The highest BCUT2D eigenvalue weighted by Crippen LogP contribution is 2.29. The first-order valence-electron chi connectivity index (χ1n) is 9.95. The summed E-state index contributed by atoms with van der Waals surface area (Å²) in [7, 11) is -1.63. The molecular weight excluding hydrogens is 425 g/mol. The first-order chi connectivity index (χ1) is 15.0. The van der Waals surface area contributed by atoms with Gasteiger partial charge in [0.1, 0.15) is 11.6 Å². The number of ether oxygens (including phenoxy) is 3. The van der Waals surface area contributed by atoms with E-state index in [-0.39, 0.29) is 24.2 Å². The number of nitrogens with zero attached hydrogens (tertiary/aromatic N) is 3. The highest BCUT2D eigenvalue weighted by Gasteiger charge is 2.22.